The number of likely N-dealkylation sites (tertiary alicyclic amines) is 1. The number of carboxylic acid groups (broad SMARTS) is 1. The molecule has 1 amide bonds. The smallest absolute Gasteiger partial charge is 0.330 e. The highest BCUT2D eigenvalue weighted by Gasteiger charge is 2.66. The Morgan fingerprint density at radius 2 is 1.74 bits per heavy atom. The first-order valence-corrected chi connectivity index (χ1v) is 13.1. The standard InChI is InChI=1S/C28H26N2O7S/c1-28(27(33)34)23(21-4-3-15-38-21)22(25(31)17-7-11-19(12-8-17)30(35)36)24(29(28)26(32)18-5-6-18)16-9-13-20(37-2)14-10-16/h3-4,7-15,18,22-24H,5-6H2,1-2H3,(H,33,34). The van der Waals surface area contributed by atoms with Crippen molar-refractivity contribution in [2.45, 2.75) is 37.3 Å². The fourth-order valence-electron chi connectivity index (χ4n) is 5.57. The summed E-state index contributed by atoms with van der Waals surface area (Å²) in [4.78, 5) is 53.9. The van der Waals surface area contributed by atoms with Gasteiger partial charge in [-0.05, 0) is 61.0 Å². The SMILES string of the molecule is COc1ccc(C2C(C(=O)c3ccc([N+](=O)[O-])cc3)C(c3cccs3)C(C)(C(=O)O)N2C(=O)C2CC2)cc1. The number of rotatable bonds is 8. The van der Waals surface area contributed by atoms with Crippen LogP contribution in [0.5, 0.6) is 5.75 Å². The van der Waals surface area contributed by atoms with Gasteiger partial charge in [0, 0.05) is 34.4 Å². The lowest BCUT2D eigenvalue weighted by Crippen LogP contribution is -2.54. The fraction of sp³-hybridized carbons (Fsp3) is 0.321. The molecule has 2 fully saturated rings. The number of carboxylic acids is 1. The molecule has 10 heteroatoms. The van der Waals surface area contributed by atoms with Crippen LogP contribution in [-0.4, -0.2) is 45.2 Å². The van der Waals surface area contributed by atoms with Gasteiger partial charge in [-0.15, -0.1) is 11.3 Å². The second kappa shape index (κ2) is 9.68. The van der Waals surface area contributed by atoms with Gasteiger partial charge in [0.1, 0.15) is 11.3 Å². The summed E-state index contributed by atoms with van der Waals surface area (Å²) in [7, 11) is 1.53. The van der Waals surface area contributed by atoms with Crippen LogP contribution >= 0.6 is 11.3 Å². The zero-order valence-corrected chi connectivity index (χ0v) is 21.6. The second-order valence-corrected chi connectivity index (χ2v) is 10.8. The highest BCUT2D eigenvalue weighted by molar-refractivity contribution is 7.10. The van der Waals surface area contributed by atoms with Gasteiger partial charge in [0.05, 0.1) is 24.0 Å². The third kappa shape index (κ3) is 4.14. The van der Waals surface area contributed by atoms with Gasteiger partial charge in [0.25, 0.3) is 5.69 Å². The lowest BCUT2D eigenvalue weighted by atomic mass is 9.74. The molecule has 1 aliphatic carbocycles. The molecule has 1 aliphatic heterocycles. The minimum atomic E-state index is -1.71. The maximum atomic E-state index is 14.3. The van der Waals surface area contributed by atoms with E-state index in [0.29, 0.717) is 29.0 Å². The number of carbonyl (C=O) groups excluding carboxylic acids is 2. The molecule has 38 heavy (non-hydrogen) atoms. The van der Waals surface area contributed by atoms with E-state index in [1.54, 1.807) is 36.4 Å². The van der Waals surface area contributed by atoms with E-state index in [1.807, 2.05) is 5.38 Å². The van der Waals surface area contributed by atoms with Gasteiger partial charge < -0.3 is 14.7 Å². The topological polar surface area (TPSA) is 127 Å². The van der Waals surface area contributed by atoms with E-state index < -0.39 is 34.3 Å². The van der Waals surface area contributed by atoms with Crippen molar-refractivity contribution in [2.24, 2.45) is 11.8 Å². The number of nitro benzene ring substituents is 1. The van der Waals surface area contributed by atoms with Crippen molar-refractivity contribution in [2.75, 3.05) is 7.11 Å². The number of nitro groups is 1. The summed E-state index contributed by atoms with van der Waals surface area (Å²) in [5.41, 5.74) is -1.04. The fourth-order valence-corrected chi connectivity index (χ4v) is 6.57. The van der Waals surface area contributed by atoms with Crippen molar-refractivity contribution >= 4 is 34.7 Å². The Hall–Kier alpha value is -4.05. The number of thiophene rings is 1. The zero-order valence-electron chi connectivity index (χ0n) is 20.8. The number of hydrogen-bond acceptors (Lipinski definition) is 7. The molecule has 0 radical (unpaired) electrons. The molecule has 1 aromatic heterocycles. The highest BCUT2D eigenvalue weighted by atomic mass is 32.1. The normalized spacial score (nSPS) is 24.7. The van der Waals surface area contributed by atoms with Crippen molar-refractivity contribution in [3.05, 3.63) is 92.2 Å². The van der Waals surface area contributed by atoms with Crippen LogP contribution in [0.25, 0.3) is 0 Å². The molecule has 2 aromatic carbocycles. The van der Waals surface area contributed by atoms with Crippen LogP contribution in [0.1, 0.15) is 52.5 Å². The average Bonchev–Trinajstić information content (AvgIpc) is 3.56. The molecule has 2 heterocycles. The van der Waals surface area contributed by atoms with Gasteiger partial charge in [0.2, 0.25) is 5.91 Å². The predicted molar refractivity (Wildman–Crippen MR) is 139 cm³/mol. The minimum absolute atomic E-state index is 0.157. The number of Topliss-reactive ketones (excluding diaryl/α,β-unsaturated/α-hetero) is 1. The van der Waals surface area contributed by atoms with Gasteiger partial charge in [-0.2, -0.15) is 0 Å². The van der Waals surface area contributed by atoms with Crippen LogP contribution < -0.4 is 4.74 Å². The van der Waals surface area contributed by atoms with Gasteiger partial charge in [-0.1, -0.05) is 18.2 Å². The average molecular weight is 535 g/mol. The van der Waals surface area contributed by atoms with E-state index in [4.69, 9.17) is 4.74 Å². The third-order valence-electron chi connectivity index (χ3n) is 7.65. The summed E-state index contributed by atoms with van der Waals surface area (Å²) in [5, 5.41) is 23.7. The first-order valence-electron chi connectivity index (χ1n) is 12.2. The van der Waals surface area contributed by atoms with Crippen LogP contribution in [-0.2, 0) is 9.59 Å². The van der Waals surface area contributed by atoms with Crippen LogP contribution in [0.2, 0.25) is 0 Å². The van der Waals surface area contributed by atoms with Crippen molar-refractivity contribution in [1.29, 1.82) is 0 Å². The first kappa shape index (κ1) is 25.6. The molecule has 2 aliphatic rings. The van der Waals surface area contributed by atoms with Gasteiger partial charge >= 0.3 is 5.97 Å². The molecule has 4 atom stereocenters. The highest BCUT2D eigenvalue weighted by Crippen LogP contribution is 2.58. The van der Waals surface area contributed by atoms with Gasteiger partial charge in [-0.25, -0.2) is 4.79 Å². The summed E-state index contributed by atoms with van der Waals surface area (Å²) >= 11 is 1.34. The molecule has 3 aromatic rings. The number of ether oxygens (including phenoxy) is 1. The Morgan fingerprint density at radius 3 is 2.24 bits per heavy atom. The lowest BCUT2D eigenvalue weighted by Gasteiger charge is -2.37. The van der Waals surface area contributed by atoms with Gasteiger partial charge in [0.15, 0.2) is 5.78 Å². The van der Waals surface area contributed by atoms with Crippen LogP contribution in [0.4, 0.5) is 5.69 Å². The molecule has 0 bridgehead atoms. The maximum absolute atomic E-state index is 14.3. The summed E-state index contributed by atoms with van der Waals surface area (Å²) in [5.74, 6) is -3.35. The second-order valence-electron chi connectivity index (χ2n) is 9.84. The Balaban J connectivity index is 1.74. The summed E-state index contributed by atoms with van der Waals surface area (Å²) < 4.78 is 5.29. The minimum Gasteiger partial charge on any atom is -0.497 e. The quantitative estimate of drug-likeness (QED) is 0.242. The largest absolute Gasteiger partial charge is 0.497 e. The van der Waals surface area contributed by atoms with E-state index in [1.165, 1.54) is 54.5 Å². The van der Waals surface area contributed by atoms with E-state index in [9.17, 15) is 29.6 Å². The molecular formula is C28H26N2O7S. The lowest BCUT2D eigenvalue weighted by molar-refractivity contribution is -0.384. The van der Waals surface area contributed by atoms with Crippen molar-refractivity contribution in [3.63, 3.8) is 0 Å². The number of ketones is 1. The summed E-state index contributed by atoms with van der Waals surface area (Å²) in [6.07, 6.45) is 1.34. The molecule has 9 nitrogen and oxygen atoms in total. The first-order chi connectivity index (χ1) is 18.2. The van der Waals surface area contributed by atoms with Crippen LogP contribution in [0.3, 0.4) is 0 Å². The van der Waals surface area contributed by atoms with Crippen molar-refractivity contribution in [3.8, 4) is 5.75 Å². The Morgan fingerprint density at radius 1 is 1.08 bits per heavy atom. The molecule has 5 rings (SSSR count). The molecular weight excluding hydrogens is 508 g/mol. The van der Waals surface area contributed by atoms with Gasteiger partial charge in [-0.3, -0.25) is 19.7 Å². The molecule has 1 saturated heterocycles. The number of amides is 1. The van der Waals surface area contributed by atoms with Crippen LogP contribution in [0, 0.1) is 22.0 Å². The Kier molecular flexibility index (Phi) is 6.52. The molecule has 4 unspecified atom stereocenters. The number of aliphatic carboxylic acids is 1. The van der Waals surface area contributed by atoms with E-state index in [-0.39, 0.29) is 28.9 Å². The Labute approximate surface area is 222 Å². The summed E-state index contributed by atoms with van der Waals surface area (Å²) in [6, 6.07) is 15.0. The number of nitrogens with zero attached hydrogens (tertiary/aromatic N) is 2. The van der Waals surface area contributed by atoms with E-state index >= 15 is 0 Å². The Bertz CT molecular complexity index is 1380. The number of methoxy groups -OCH3 is 1. The molecule has 1 N–H and O–H groups in total. The monoisotopic (exact) mass is 534 g/mol. The number of benzene rings is 2. The van der Waals surface area contributed by atoms with E-state index in [2.05, 4.69) is 0 Å². The van der Waals surface area contributed by atoms with Crippen molar-refractivity contribution < 1.29 is 29.2 Å². The zero-order chi connectivity index (χ0) is 27.2. The molecule has 196 valence electrons. The molecule has 0 spiro atoms. The molecule has 1 saturated carbocycles. The number of non-ortho nitro benzene ring substituents is 1. The third-order valence-corrected chi connectivity index (χ3v) is 8.61. The van der Waals surface area contributed by atoms with Crippen molar-refractivity contribution in [1.82, 2.24) is 4.90 Å². The number of carbonyl (C=O) groups is 3. The van der Waals surface area contributed by atoms with E-state index in [0.717, 1.165) is 0 Å². The predicted octanol–water partition coefficient (Wildman–Crippen LogP) is 5.08. The number of hydrogen-bond donors (Lipinski definition) is 1. The van der Waals surface area contributed by atoms with Crippen LogP contribution in [0.15, 0.2) is 66.0 Å². The maximum Gasteiger partial charge on any atom is 0.330 e. The summed E-state index contributed by atoms with van der Waals surface area (Å²) in [6.45, 7) is 1.53.